The molecule has 0 fully saturated rings. The molecule has 4 nitrogen and oxygen atoms in total. The molecular formula is C34H21N3OPt. The zero-order valence-electron chi connectivity index (χ0n) is 20.7. The maximum absolute atomic E-state index is 6.14. The molecule has 4 aromatic carbocycles. The molecule has 3 heterocycles. The van der Waals surface area contributed by atoms with Crippen molar-refractivity contribution in [1.82, 2.24) is 14.5 Å². The van der Waals surface area contributed by atoms with Crippen LogP contribution in [0.1, 0.15) is 0 Å². The van der Waals surface area contributed by atoms with Crippen LogP contribution >= 0.6 is 0 Å². The number of pyridine rings is 2. The van der Waals surface area contributed by atoms with Crippen LogP contribution < -0.4 is 4.74 Å². The van der Waals surface area contributed by atoms with E-state index in [9.17, 15) is 0 Å². The van der Waals surface area contributed by atoms with E-state index < -0.39 is 0 Å². The van der Waals surface area contributed by atoms with Crippen LogP contribution in [0.2, 0.25) is 0 Å². The monoisotopic (exact) mass is 682 g/mol. The summed E-state index contributed by atoms with van der Waals surface area (Å²) in [6.45, 7) is 0. The molecule has 7 aromatic rings. The summed E-state index contributed by atoms with van der Waals surface area (Å²) in [5.74, 6) is 1.98. The summed E-state index contributed by atoms with van der Waals surface area (Å²) in [5, 5.41) is 2.30. The van der Waals surface area contributed by atoms with Crippen LogP contribution in [-0.2, 0) is 21.1 Å². The molecule has 0 unspecified atom stereocenters. The average molecular weight is 683 g/mol. The summed E-state index contributed by atoms with van der Waals surface area (Å²) in [6.07, 6.45) is 1.81. The van der Waals surface area contributed by atoms with Gasteiger partial charge in [0, 0.05) is 29.1 Å². The molecule has 5 heteroatoms. The van der Waals surface area contributed by atoms with Crippen molar-refractivity contribution in [3.05, 3.63) is 140 Å². The van der Waals surface area contributed by atoms with E-state index in [0.29, 0.717) is 11.6 Å². The van der Waals surface area contributed by atoms with Crippen LogP contribution in [0.5, 0.6) is 11.6 Å². The molecule has 0 atom stereocenters. The van der Waals surface area contributed by atoms with Crippen molar-refractivity contribution in [3.8, 4) is 39.8 Å². The molecule has 0 spiro atoms. The van der Waals surface area contributed by atoms with Crippen molar-refractivity contribution in [1.29, 1.82) is 0 Å². The van der Waals surface area contributed by atoms with Crippen molar-refractivity contribution >= 4 is 21.8 Å². The van der Waals surface area contributed by atoms with Gasteiger partial charge in [-0.05, 0) is 35.2 Å². The maximum Gasteiger partial charge on any atom is 2.00 e. The van der Waals surface area contributed by atoms with E-state index in [0.717, 1.165) is 44.6 Å². The Morgan fingerprint density at radius 2 is 1.41 bits per heavy atom. The topological polar surface area (TPSA) is 39.9 Å². The Kier molecular flexibility index (Phi) is 6.79. The number of nitrogens with zero attached hydrogens (tertiary/aromatic N) is 3. The molecule has 0 aliphatic carbocycles. The van der Waals surface area contributed by atoms with E-state index in [-0.39, 0.29) is 21.1 Å². The minimum absolute atomic E-state index is 0. The standard InChI is InChI=1S/C34H21N3O.Pt/c1-2-10-24(11-3-1)30-15-9-18-34(36-30)38-27-13-8-12-25(22-27)26-19-20-29-28-14-4-5-16-31(28)37(32(29)23-26)33-17-6-7-21-35-33;/h1-21H;/q-2;+2. The summed E-state index contributed by atoms with van der Waals surface area (Å²) >= 11 is 0. The second-order valence-electron chi connectivity index (χ2n) is 8.93. The van der Waals surface area contributed by atoms with Gasteiger partial charge in [-0.15, -0.1) is 18.2 Å². The van der Waals surface area contributed by atoms with Gasteiger partial charge < -0.3 is 9.30 Å². The first kappa shape index (κ1) is 24.8. The van der Waals surface area contributed by atoms with Gasteiger partial charge in [-0.1, -0.05) is 66.0 Å². The number of para-hydroxylation sites is 1. The van der Waals surface area contributed by atoms with Crippen LogP contribution in [-0.4, -0.2) is 14.5 Å². The fourth-order valence-corrected chi connectivity index (χ4v) is 4.79. The van der Waals surface area contributed by atoms with Crippen LogP contribution in [0, 0.1) is 12.1 Å². The molecule has 0 aliphatic rings. The number of ether oxygens (including phenoxy) is 1. The van der Waals surface area contributed by atoms with Crippen molar-refractivity contribution in [3.63, 3.8) is 0 Å². The number of fused-ring (bicyclic) bond motifs is 3. The fraction of sp³-hybridized carbons (Fsp3) is 0. The second kappa shape index (κ2) is 10.7. The van der Waals surface area contributed by atoms with Crippen molar-refractivity contribution in [2.45, 2.75) is 0 Å². The SMILES string of the molecule is [Pt+2].[c-]1c(Oc2cccc(-c3ccccc3)n2)cccc1-c1[c-]c2c(cc1)c1ccccc1n2-c1ccccn1. The second-order valence-corrected chi connectivity index (χ2v) is 8.93. The normalized spacial score (nSPS) is 10.9. The van der Waals surface area contributed by atoms with Crippen LogP contribution in [0.25, 0.3) is 50.0 Å². The van der Waals surface area contributed by atoms with E-state index in [1.165, 1.54) is 5.39 Å². The molecule has 3 aromatic heterocycles. The third kappa shape index (κ3) is 4.76. The predicted octanol–water partition coefficient (Wildman–Crippen LogP) is 8.30. The van der Waals surface area contributed by atoms with Gasteiger partial charge in [-0.25, -0.2) is 21.1 Å². The minimum atomic E-state index is 0. The number of benzene rings is 4. The first-order valence-corrected chi connectivity index (χ1v) is 12.4. The zero-order chi connectivity index (χ0) is 25.3. The molecule has 0 N–H and O–H groups in total. The molecule has 0 radical (unpaired) electrons. The van der Waals surface area contributed by atoms with Gasteiger partial charge in [0.1, 0.15) is 5.82 Å². The van der Waals surface area contributed by atoms with Gasteiger partial charge in [-0.2, -0.15) is 24.3 Å². The van der Waals surface area contributed by atoms with Gasteiger partial charge >= 0.3 is 21.1 Å². The molecule has 0 bridgehead atoms. The van der Waals surface area contributed by atoms with Crippen LogP contribution in [0.3, 0.4) is 0 Å². The minimum Gasteiger partial charge on any atom is -0.460 e. The maximum atomic E-state index is 6.14. The Morgan fingerprint density at radius 1 is 0.615 bits per heavy atom. The number of aromatic nitrogens is 3. The first-order chi connectivity index (χ1) is 18.8. The Morgan fingerprint density at radius 3 is 2.28 bits per heavy atom. The predicted molar refractivity (Wildman–Crippen MR) is 151 cm³/mol. The van der Waals surface area contributed by atoms with Gasteiger partial charge in [0.05, 0.1) is 5.69 Å². The van der Waals surface area contributed by atoms with Gasteiger partial charge in [-0.3, -0.25) is 0 Å². The number of rotatable bonds is 5. The zero-order valence-corrected chi connectivity index (χ0v) is 23.0. The Labute approximate surface area is 240 Å². The molecule has 0 aliphatic heterocycles. The largest absolute Gasteiger partial charge is 2.00 e. The molecule has 188 valence electrons. The molecule has 39 heavy (non-hydrogen) atoms. The molecule has 7 rings (SSSR count). The van der Waals surface area contributed by atoms with Crippen LogP contribution in [0.15, 0.2) is 128 Å². The summed E-state index contributed by atoms with van der Waals surface area (Å²) in [5.41, 5.74) is 5.79. The number of hydrogen-bond donors (Lipinski definition) is 0. The van der Waals surface area contributed by atoms with E-state index in [4.69, 9.17) is 9.72 Å². The van der Waals surface area contributed by atoms with E-state index in [1.807, 2.05) is 91.1 Å². The Bertz CT molecular complexity index is 1900. The third-order valence-corrected chi connectivity index (χ3v) is 6.53. The van der Waals surface area contributed by atoms with Gasteiger partial charge in [0.2, 0.25) is 5.88 Å². The fourth-order valence-electron chi connectivity index (χ4n) is 4.79. The molecule has 0 saturated carbocycles. The summed E-state index contributed by atoms with van der Waals surface area (Å²) < 4.78 is 8.30. The molecule has 0 amide bonds. The summed E-state index contributed by atoms with van der Waals surface area (Å²) in [6, 6.07) is 47.3. The van der Waals surface area contributed by atoms with Crippen molar-refractivity contribution in [2.24, 2.45) is 0 Å². The first-order valence-electron chi connectivity index (χ1n) is 12.4. The summed E-state index contributed by atoms with van der Waals surface area (Å²) in [4.78, 5) is 9.31. The van der Waals surface area contributed by atoms with E-state index in [2.05, 4.69) is 58.1 Å². The molecular weight excluding hydrogens is 661 g/mol. The van der Waals surface area contributed by atoms with Crippen molar-refractivity contribution < 1.29 is 25.8 Å². The Hall–Kier alpha value is -4.53. The Balaban J connectivity index is 0.00000277. The average Bonchev–Trinajstić information content (AvgIpc) is 3.32. The molecule has 0 saturated heterocycles. The smallest absolute Gasteiger partial charge is 0.460 e. The van der Waals surface area contributed by atoms with E-state index in [1.54, 1.807) is 0 Å². The third-order valence-electron chi connectivity index (χ3n) is 6.53. The quantitative estimate of drug-likeness (QED) is 0.172. The summed E-state index contributed by atoms with van der Waals surface area (Å²) in [7, 11) is 0. The van der Waals surface area contributed by atoms with Gasteiger partial charge in [0.25, 0.3) is 0 Å². The number of hydrogen-bond acceptors (Lipinski definition) is 3. The van der Waals surface area contributed by atoms with Crippen LogP contribution in [0.4, 0.5) is 0 Å². The van der Waals surface area contributed by atoms with E-state index >= 15 is 0 Å². The van der Waals surface area contributed by atoms with Gasteiger partial charge in [0.15, 0.2) is 0 Å². The van der Waals surface area contributed by atoms with Crippen molar-refractivity contribution in [2.75, 3.05) is 0 Å².